The van der Waals surface area contributed by atoms with Crippen LogP contribution in [0.3, 0.4) is 0 Å². The summed E-state index contributed by atoms with van der Waals surface area (Å²) in [6, 6.07) is 19.3. The molecule has 0 spiro atoms. The first-order valence-electron chi connectivity index (χ1n) is 14.4. The number of hydrogen-bond acceptors (Lipinski definition) is 4. The molecule has 0 saturated carbocycles. The van der Waals surface area contributed by atoms with Gasteiger partial charge in [-0.1, -0.05) is 0 Å². The zero-order valence-electron chi connectivity index (χ0n) is 22.8. The van der Waals surface area contributed by atoms with Gasteiger partial charge < -0.3 is 0 Å². The Morgan fingerprint density at radius 1 is 0.514 bits per heavy atom. The van der Waals surface area contributed by atoms with Crippen molar-refractivity contribution in [3.63, 3.8) is 0 Å². The number of carbonyl (C=O) groups excluding carboxylic acids is 2. The van der Waals surface area contributed by atoms with Crippen molar-refractivity contribution in [1.29, 1.82) is 0 Å². The maximum absolute atomic E-state index is 13.8. The van der Waals surface area contributed by atoms with E-state index in [1.54, 1.807) is 0 Å². The van der Waals surface area contributed by atoms with Crippen molar-refractivity contribution >= 4 is 38.3 Å². The Morgan fingerprint density at radius 2 is 0.865 bits per heavy atom. The average Bonchev–Trinajstić information content (AvgIpc) is 3.03. The van der Waals surface area contributed by atoms with Crippen LogP contribution in [-0.4, -0.2) is 31.1 Å². The van der Waals surface area contributed by atoms with Gasteiger partial charge in [0, 0.05) is 0 Å². The van der Waals surface area contributed by atoms with Crippen LogP contribution in [0.25, 0.3) is 0 Å². The molecule has 37 heavy (non-hydrogen) atoms. The number of benzene rings is 2. The van der Waals surface area contributed by atoms with E-state index in [1.807, 2.05) is 60.7 Å². The normalized spacial score (nSPS) is 15.3. The van der Waals surface area contributed by atoms with E-state index < -0.39 is 19.2 Å². The Balaban J connectivity index is 1.88. The van der Waals surface area contributed by atoms with Crippen molar-refractivity contribution in [2.45, 2.75) is 104 Å². The van der Waals surface area contributed by atoms with Crippen molar-refractivity contribution in [2.75, 3.05) is 0 Å². The van der Waals surface area contributed by atoms with E-state index in [4.69, 9.17) is 6.15 Å². The summed E-state index contributed by atoms with van der Waals surface area (Å²) in [6.07, 6.45) is 14.7. The van der Waals surface area contributed by atoms with Crippen molar-refractivity contribution in [3.05, 3.63) is 71.8 Å². The first-order valence-corrected chi connectivity index (χ1v) is 19.6. The second-order valence-corrected chi connectivity index (χ2v) is 18.1. The molecule has 0 amide bonds. The SMILES string of the molecule is CCCCCCCCC1=C(CCCCCCCC)C(=O)[O][Sn]([c]2ccccc2)([c]2ccccc2)[O]C1=O. The zero-order valence-corrected chi connectivity index (χ0v) is 25.7. The summed E-state index contributed by atoms with van der Waals surface area (Å²) in [6.45, 7) is 4.42. The van der Waals surface area contributed by atoms with E-state index in [0.717, 1.165) is 45.7 Å². The fourth-order valence-corrected chi connectivity index (χ4v) is 13.3. The van der Waals surface area contributed by atoms with E-state index in [9.17, 15) is 9.59 Å². The molecule has 2 aromatic carbocycles. The van der Waals surface area contributed by atoms with Gasteiger partial charge in [0.05, 0.1) is 0 Å². The summed E-state index contributed by atoms with van der Waals surface area (Å²) >= 11 is -4.57. The number of hydrogen-bond donors (Lipinski definition) is 0. The topological polar surface area (TPSA) is 52.6 Å². The molecule has 0 aromatic heterocycles. The summed E-state index contributed by atoms with van der Waals surface area (Å²) in [5, 5.41) is 0. The molecule has 0 N–H and O–H groups in total. The van der Waals surface area contributed by atoms with Gasteiger partial charge >= 0.3 is 230 Å². The van der Waals surface area contributed by atoms with Gasteiger partial charge in [-0.2, -0.15) is 0 Å². The van der Waals surface area contributed by atoms with E-state index >= 15 is 0 Å². The van der Waals surface area contributed by atoms with Crippen LogP contribution in [-0.2, 0) is 15.7 Å². The predicted molar refractivity (Wildman–Crippen MR) is 153 cm³/mol. The average molecular weight is 611 g/mol. The van der Waals surface area contributed by atoms with Crippen LogP contribution in [0.5, 0.6) is 0 Å². The Labute approximate surface area is 228 Å². The molecule has 5 heteroatoms. The number of rotatable bonds is 16. The fourth-order valence-electron chi connectivity index (χ4n) is 5.04. The third kappa shape index (κ3) is 8.46. The van der Waals surface area contributed by atoms with Gasteiger partial charge in [0.25, 0.3) is 0 Å². The summed E-state index contributed by atoms with van der Waals surface area (Å²) in [5.74, 6) is -0.687. The Bertz CT molecular complexity index is 918. The molecule has 0 bridgehead atoms. The monoisotopic (exact) mass is 612 g/mol. The Hall–Kier alpha value is -2.08. The second kappa shape index (κ2) is 16.0. The van der Waals surface area contributed by atoms with Crippen LogP contribution < -0.4 is 7.16 Å². The van der Waals surface area contributed by atoms with Crippen molar-refractivity contribution in [1.82, 2.24) is 0 Å². The number of unbranched alkanes of at least 4 members (excludes halogenated alkanes) is 10. The van der Waals surface area contributed by atoms with Crippen LogP contribution in [0.1, 0.15) is 104 Å². The van der Waals surface area contributed by atoms with Gasteiger partial charge in [-0.15, -0.1) is 0 Å². The molecule has 200 valence electrons. The Kier molecular flexibility index (Phi) is 12.8. The second-order valence-electron chi connectivity index (χ2n) is 10.1. The minimum absolute atomic E-state index is 0.344. The van der Waals surface area contributed by atoms with E-state index in [-0.39, 0.29) is 11.9 Å². The van der Waals surface area contributed by atoms with Crippen LogP contribution in [0, 0.1) is 0 Å². The van der Waals surface area contributed by atoms with Gasteiger partial charge in [0.1, 0.15) is 0 Å². The number of carbonyl (C=O) groups is 2. The van der Waals surface area contributed by atoms with Gasteiger partial charge in [-0.25, -0.2) is 0 Å². The van der Waals surface area contributed by atoms with Gasteiger partial charge in [-0.05, 0) is 0 Å². The summed E-state index contributed by atoms with van der Waals surface area (Å²) < 4.78 is 14.5. The van der Waals surface area contributed by atoms with Crippen LogP contribution >= 0.6 is 0 Å². The molecular formula is C32H44O4Sn. The molecule has 2 aromatic rings. The third-order valence-corrected chi connectivity index (χ3v) is 16.1. The van der Waals surface area contributed by atoms with Crippen LogP contribution in [0.15, 0.2) is 71.8 Å². The quantitative estimate of drug-likeness (QED) is 0.150. The van der Waals surface area contributed by atoms with Crippen molar-refractivity contribution < 1.29 is 15.7 Å². The first kappa shape index (κ1) is 29.5. The summed E-state index contributed by atoms with van der Waals surface area (Å²) in [4.78, 5) is 27.6. The summed E-state index contributed by atoms with van der Waals surface area (Å²) in [5.41, 5.74) is 1.11. The van der Waals surface area contributed by atoms with E-state index in [2.05, 4.69) is 13.8 Å². The van der Waals surface area contributed by atoms with E-state index in [1.165, 1.54) is 38.5 Å². The van der Waals surface area contributed by atoms with Crippen molar-refractivity contribution in [2.24, 2.45) is 0 Å². The molecular weight excluding hydrogens is 567 g/mol. The zero-order chi connectivity index (χ0) is 26.3. The van der Waals surface area contributed by atoms with Crippen LogP contribution in [0.2, 0.25) is 0 Å². The van der Waals surface area contributed by atoms with Gasteiger partial charge in [-0.3, -0.25) is 0 Å². The molecule has 4 nitrogen and oxygen atoms in total. The maximum atomic E-state index is 13.8. The van der Waals surface area contributed by atoms with E-state index in [0.29, 0.717) is 24.0 Å². The molecule has 1 aliphatic rings. The molecule has 0 unspecified atom stereocenters. The molecule has 0 fully saturated rings. The molecule has 3 rings (SSSR count). The summed E-state index contributed by atoms with van der Waals surface area (Å²) in [7, 11) is 0. The Morgan fingerprint density at radius 3 is 1.24 bits per heavy atom. The van der Waals surface area contributed by atoms with Gasteiger partial charge in [0.2, 0.25) is 0 Å². The molecule has 1 aliphatic heterocycles. The van der Waals surface area contributed by atoms with Crippen LogP contribution in [0.4, 0.5) is 0 Å². The predicted octanol–water partition coefficient (Wildman–Crippen LogP) is 7.14. The molecule has 0 saturated heterocycles. The third-order valence-electron chi connectivity index (χ3n) is 7.20. The van der Waals surface area contributed by atoms with Crippen molar-refractivity contribution in [3.8, 4) is 0 Å². The molecule has 1 heterocycles. The first-order chi connectivity index (χ1) is 18.1. The standard InChI is InChI=1S/C20H36O4.2C6H5.Sn/c1-3-5-7-9-11-13-15-17(19(21)22)18(20(23)24)16-14-12-10-8-6-4-2;2*1-2-4-6-5-3-1;/h3-16H2,1-2H3,(H,21,22)(H,23,24);2*1-5H;/q;;;+2/p-2. The van der Waals surface area contributed by atoms with Gasteiger partial charge in [0.15, 0.2) is 0 Å². The molecule has 0 radical (unpaired) electrons. The molecule has 0 atom stereocenters. The fraction of sp³-hybridized carbons (Fsp3) is 0.500. The minimum atomic E-state index is -4.57. The molecule has 0 aliphatic carbocycles.